The normalized spacial score (nSPS) is 11.5. The zero-order chi connectivity index (χ0) is 9.54. The zero-order valence-corrected chi connectivity index (χ0v) is 8.69. The van der Waals surface area contributed by atoms with E-state index in [9.17, 15) is 0 Å². The van der Waals surface area contributed by atoms with Gasteiger partial charge in [-0.15, -0.1) is 11.3 Å². The van der Waals surface area contributed by atoms with E-state index in [0.29, 0.717) is 0 Å². The molecule has 3 heteroatoms. The van der Waals surface area contributed by atoms with Gasteiger partial charge in [0.25, 0.3) is 0 Å². The van der Waals surface area contributed by atoms with E-state index >= 15 is 0 Å². The number of thiophene rings is 1. The first kappa shape index (κ1) is 8.00. The summed E-state index contributed by atoms with van der Waals surface area (Å²) >= 11 is 1.87. The van der Waals surface area contributed by atoms with E-state index in [2.05, 4.69) is 35.3 Å². The molecule has 0 radical (unpaired) electrons. The molecule has 0 atom stereocenters. The van der Waals surface area contributed by atoms with Crippen molar-refractivity contribution < 1.29 is 0 Å². The second kappa shape index (κ2) is 2.82. The second-order valence-corrected chi connectivity index (χ2v) is 4.55. The Morgan fingerprint density at radius 3 is 3.21 bits per heavy atom. The lowest BCUT2D eigenvalue weighted by Crippen LogP contribution is -1.69. The van der Waals surface area contributed by atoms with Gasteiger partial charge in [-0.3, -0.25) is 5.10 Å². The summed E-state index contributed by atoms with van der Waals surface area (Å²) in [5, 5.41) is 9.62. The molecule has 3 aromatic rings. The maximum absolute atomic E-state index is 4.07. The van der Waals surface area contributed by atoms with Crippen molar-refractivity contribution >= 4 is 32.3 Å². The van der Waals surface area contributed by atoms with Crippen molar-refractivity contribution in [2.75, 3.05) is 0 Å². The van der Waals surface area contributed by atoms with E-state index in [1.54, 1.807) is 0 Å². The monoisotopic (exact) mass is 202 g/mol. The lowest BCUT2D eigenvalue weighted by Gasteiger charge is -1.89. The molecular formula is C11H10N2S. The van der Waals surface area contributed by atoms with Gasteiger partial charge in [-0.05, 0) is 24.6 Å². The largest absolute Gasteiger partial charge is 0.277 e. The molecule has 3 rings (SSSR count). The van der Waals surface area contributed by atoms with Crippen LogP contribution in [0.4, 0.5) is 0 Å². The summed E-state index contributed by atoms with van der Waals surface area (Å²) in [7, 11) is 0. The second-order valence-electron chi connectivity index (χ2n) is 3.38. The molecule has 1 N–H and O–H groups in total. The van der Waals surface area contributed by atoms with Crippen molar-refractivity contribution in [2.24, 2.45) is 0 Å². The minimum absolute atomic E-state index is 1.11. The highest BCUT2D eigenvalue weighted by Gasteiger charge is 2.05. The number of hydrogen-bond donors (Lipinski definition) is 1. The summed E-state index contributed by atoms with van der Waals surface area (Å²) in [5.41, 5.74) is 1.17. The molecule has 0 saturated carbocycles. The van der Waals surface area contributed by atoms with E-state index in [-0.39, 0.29) is 0 Å². The number of hydrogen-bond acceptors (Lipinski definition) is 2. The number of rotatable bonds is 1. The maximum atomic E-state index is 4.07. The van der Waals surface area contributed by atoms with Crippen LogP contribution >= 0.6 is 11.3 Å². The Balaban J connectivity index is 2.49. The average Bonchev–Trinajstić information content (AvgIpc) is 2.82. The highest BCUT2D eigenvalue weighted by Crippen LogP contribution is 2.30. The molecule has 2 heterocycles. The lowest BCUT2D eigenvalue weighted by atomic mass is 10.2. The third-order valence-corrected chi connectivity index (χ3v) is 3.76. The highest BCUT2D eigenvalue weighted by atomic mass is 32.1. The quantitative estimate of drug-likeness (QED) is 0.644. The fraction of sp³-hybridized carbons (Fsp3) is 0.182. The Hall–Kier alpha value is -1.35. The van der Waals surface area contributed by atoms with Crippen molar-refractivity contribution in [3.05, 3.63) is 29.3 Å². The van der Waals surface area contributed by atoms with E-state index in [1.165, 1.54) is 25.9 Å². The molecule has 0 fully saturated rings. The smallest absolute Gasteiger partial charge is 0.0737 e. The van der Waals surface area contributed by atoms with Crippen LogP contribution in [0, 0.1) is 0 Å². The fourth-order valence-corrected chi connectivity index (χ4v) is 2.76. The van der Waals surface area contributed by atoms with E-state index in [1.807, 2.05) is 17.5 Å². The van der Waals surface area contributed by atoms with E-state index in [0.717, 1.165) is 6.42 Å². The summed E-state index contributed by atoms with van der Waals surface area (Å²) in [6.07, 6.45) is 2.98. The number of fused-ring (bicyclic) bond motifs is 3. The van der Waals surface area contributed by atoms with Crippen molar-refractivity contribution in [1.82, 2.24) is 10.2 Å². The Morgan fingerprint density at radius 1 is 1.43 bits per heavy atom. The number of H-pyrrole nitrogens is 1. The third-order valence-electron chi connectivity index (χ3n) is 2.51. The van der Waals surface area contributed by atoms with Gasteiger partial charge in [0.2, 0.25) is 0 Å². The number of aromatic amines is 1. The summed E-state index contributed by atoms with van der Waals surface area (Å²) in [6, 6.07) is 6.56. The molecule has 1 aromatic carbocycles. The molecule has 2 aromatic heterocycles. The SMILES string of the molecule is CCc1cc2c(ccc3cn[nH]c32)s1. The first-order valence-electron chi connectivity index (χ1n) is 4.73. The molecule has 2 nitrogen and oxygen atoms in total. The molecule has 0 aliphatic heterocycles. The summed E-state index contributed by atoms with van der Waals surface area (Å²) in [4.78, 5) is 1.43. The van der Waals surface area contributed by atoms with Crippen LogP contribution in [-0.4, -0.2) is 10.2 Å². The fourth-order valence-electron chi connectivity index (χ4n) is 1.75. The Labute approximate surface area is 85.6 Å². The van der Waals surface area contributed by atoms with Gasteiger partial charge in [0.15, 0.2) is 0 Å². The summed E-state index contributed by atoms with van der Waals surface area (Å²) < 4.78 is 1.35. The van der Waals surface area contributed by atoms with Crippen molar-refractivity contribution in [3.8, 4) is 0 Å². The molecule has 0 aliphatic carbocycles. The van der Waals surface area contributed by atoms with Gasteiger partial charge < -0.3 is 0 Å². The van der Waals surface area contributed by atoms with Crippen LogP contribution in [0.25, 0.3) is 21.0 Å². The zero-order valence-electron chi connectivity index (χ0n) is 7.87. The van der Waals surface area contributed by atoms with Gasteiger partial charge >= 0.3 is 0 Å². The third kappa shape index (κ3) is 0.990. The van der Waals surface area contributed by atoms with Crippen LogP contribution < -0.4 is 0 Å². The van der Waals surface area contributed by atoms with Gasteiger partial charge in [0, 0.05) is 20.3 Å². The molecule has 0 bridgehead atoms. The average molecular weight is 202 g/mol. The number of aromatic nitrogens is 2. The van der Waals surface area contributed by atoms with Crippen LogP contribution in [0.5, 0.6) is 0 Å². The summed E-state index contributed by atoms with van der Waals surface area (Å²) in [5.74, 6) is 0. The first-order valence-corrected chi connectivity index (χ1v) is 5.54. The predicted molar refractivity (Wildman–Crippen MR) is 60.9 cm³/mol. The van der Waals surface area contributed by atoms with Crippen molar-refractivity contribution in [2.45, 2.75) is 13.3 Å². The van der Waals surface area contributed by atoms with Crippen LogP contribution in [-0.2, 0) is 6.42 Å². The van der Waals surface area contributed by atoms with Gasteiger partial charge in [-0.1, -0.05) is 6.92 Å². The molecule has 0 spiro atoms. The minimum Gasteiger partial charge on any atom is -0.277 e. The number of aryl methyl sites for hydroxylation is 1. The number of benzene rings is 1. The molecule has 14 heavy (non-hydrogen) atoms. The summed E-state index contributed by atoms with van der Waals surface area (Å²) in [6.45, 7) is 2.19. The standard InChI is InChI=1S/C11H10N2S/c1-2-8-5-9-10(14-8)4-3-7-6-12-13-11(7)9/h3-6H,2H2,1H3,(H,12,13). The predicted octanol–water partition coefficient (Wildman–Crippen LogP) is 3.34. The molecular weight excluding hydrogens is 192 g/mol. The molecule has 0 aliphatic rings. The molecule has 0 unspecified atom stereocenters. The van der Waals surface area contributed by atoms with Gasteiger partial charge in [0.05, 0.1) is 11.7 Å². The van der Waals surface area contributed by atoms with Crippen molar-refractivity contribution in [1.29, 1.82) is 0 Å². The molecule has 70 valence electrons. The maximum Gasteiger partial charge on any atom is 0.0737 e. The van der Waals surface area contributed by atoms with E-state index < -0.39 is 0 Å². The number of nitrogens with one attached hydrogen (secondary N) is 1. The Morgan fingerprint density at radius 2 is 2.36 bits per heavy atom. The Bertz CT molecular complexity index is 591. The molecule has 0 amide bonds. The van der Waals surface area contributed by atoms with Gasteiger partial charge in [0.1, 0.15) is 0 Å². The van der Waals surface area contributed by atoms with Gasteiger partial charge in [-0.2, -0.15) is 5.10 Å². The van der Waals surface area contributed by atoms with Crippen LogP contribution in [0.3, 0.4) is 0 Å². The van der Waals surface area contributed by atoms with Gasteiger partial charge in [-0.25, -0.2) is 0 Å². The Kier molecular flexibility index (Phi) is 1.61. The van der Waals surface area contributed by atoms with Crippen LogP contribution in [0.1, 0.15) is 11.8 Å². The topological polar surface area (TPSA) is 28.7 Å². The van der Waals surface area contributed by atoms with Crippen LogP contribution in [0.2, 0.25) is 0 Å². The van der Waals surface area contributed by atoms with Crippen LogP contribution in [0.15, 0.2) is 24.4 Å². The lowest BCUT2D eigenvalue weighted by molar-refractivity contribution is 1.12. The highest BCUT2D eigenvalue weighted by molar-refractivity contribution is 7.19. The first-order chi connectivity index (χ1) is 6.88. The minimum atomic E-state index is 1.11. The number of nitrogens with zero attached hydrogens (tertiary/aromatic N) is 1. The van der Waals surface area contributed by atoms with E-state index in [4.69, 9.17) is 0 Å². The van der Waals surface area contributed by atoms with Crippen molar-refractivity contribution in [3.63, 3.8) is 0 Å². The molecule has 0 saturated heterocycles.